The summed E-state index contributed by atoms with van der Waals surface area (Å²) in [6, 6.07) is 19.2. The van der Waals surface area contributed by atoms with E-state index in [0.717, 1.165) is 38.3 Å². The second-order valence-electron chi connectivity index (χ2n) is 9.86. The zero-order chi connectivity index (χ0) is 22.2. The van der Waals surface area contributed by atoms with Crippen LogP contribution in [0.2, 0.25) is 0 Å². The molecular formula is C28H38N2O2. The zero-order valence-electron chi connectivity index (χ0n) is 19.5. The van der Waals surface area contributed by atoms with Crippen molar-refractivity contribution in [1.82, 2.24) is 4.90 Å². The van der Waals surface area contributed by atoms with Crippen molar-refractivity contribution in [2.45, 2.75) is 70.9 Å². The van der Waals surface area contributed by atoms with E-state index in [1.54, 1.807) is 6.92 Å². The molecule has 1 aliphatic heterocycles. The molecular weight excluding hydrogens is 396 g/mol. The van der Waals surface area contributed by atoms with Crippen molar-refractivity contribution >= 4 is 11.6 Å². The van der Waals surface area contributed by atoms with Crippen molar-refractivity contribution in [3.8, 4) is 0 Å². The highest BCUT2D eigenvalue weighted by Gasteiger charge is 2.35. The third-order valence-corrected chi connectivity index (χ3v) is 7.31. The van der Waals surface area contributed by atoms with Gasteiger partial charge in [-0.1, -0.05) is 55.3 Å². The van der Waals surface area contributed by atoms with Crippen LogP contribution in [-0.2, 0) is 22.5 Å². The number of rotatable bonds is 9. The number of nitrogens with zero attached hydrogens (tertiary/aromatic N) is 1. The van der Waals surface area contributed by atoms with Crippen molar-refractivity contribution in [1.29, 1.82) is 0 Å². The van der Waals surface area contributed by atoms with Gasteiger partial charge >= 0.3 is 0 Å². The molecule has 4 heteroatoms. The molecule has 2 fully saturated rings. The lowest BCUT2D eigenvalue weighted by molar-refractivity contribution is -0.114. The number of amides is 1. The number of ether oxygens (including phenoxy) is 1. The molecule has 1 aliphatic carbocycles. The van der Waals surface area contributed by atoms with E-state index in [4.69, 9.17) is 4.74 Å². The lowest BCUT2D eigenvalue weighted by Crippen LogP contribution is -2.43. The van der Waals surface area contributed by atoms with Gasteiger partial charge in [0.15, 0.2) is 0 Å². The average Bonchev–Trinajstić information content (AvgIpc) is 3.33. The number of anilines is 1. The zero-order valence-corrected chi connectivity index (χ0v) is 19.5. The summed E-state index contributed by atoms with van der Waals surface area (Å²) in [7, 11) is 0. The molecule has 1 saturated heterocycles. The van der Waals surface area contributed by atoms with Crippen molar-refractivity contribution < 1.29 is 9.53 Å². The Kier molecular flexibility index (Phi) is 7.99. The maximum absolute atomic E-state index is 11.2. The first-order valence-corrected chi connectivity index (χ1v) is 12.3. The molecule has 4 rings (SSSR count). The van der Waals surface area contributed by atoms with Crippen LogP contribution in [0.3, 0.4) is 0 Å². The molecule has 0 bridgehead atoms. The van der Waals surface area contributed by atoms with E-state index in [0.29, 0.717) is 11.5 Å². The van der Waals surface area contributed by atoms with Gasteiger partial charge in [0, 0.05) is 19.2 Å². The summed E-state index contributed by atoms with van der Waals surface area (Å²) in [4.78, 5) is 13.8. The average molecular weight is 435 g/mol. The maximum atomic E-state index is 11.2. The van der Waals surface area contributed by atoms with E-state index in [9.17, 15) is 4.79 Å². The molecule has 1 amide bonds. The number of carbonyl (C=O) groups is 1. The highest BCUT2D eigenvalue weighted by Crippen LogP contribution is 2.38. The van der Waals surface area contributed by atoms with Crippen molar-refractivity contribution in [3.63, 3.8) is 0 Å². The minimum Gasteiger partial charge on any atom is -0.378 e. The minimum absolute atomic E-state index is 0.0274. The third-order valence-electron chi connectivity index (χ3n) is 7.31. The van der Waals surface area contributed by atoms with Crippen LogP contribution >= 0.6 is 0 Å². The quantitative estimate of drug-likeness (QED) is 0.541. The number of piperidine rings is 1. The van der Waals surface area contributed by atoms with Crippen LogP contribution in [0.1, 0.15) is 63.0 Å². The van der Waals surface area contributed by atoms with Crippen LogP contribution in [0.4, 0.5) is 5.69 Å². The first-order chi connectivity index (χ1) is 15.6. The van der Waals surface area contributed by atoms with Gasteiger partial charge in [0.25, 0.3) is 0 Å². The molecule has 1 saturated carbocycles. The Morgan fingerprint density at radius 3 is 2.34 bits per heavy atom. The maximum Gasteiger partial charge on any atom is 0.221 e. The largest absolute Gasteiger partial charge is 0.378 e. The van der Waals surface area contributed by atoms with Gasteiger partial charge in [0.05, 0.1) is 12.7 Å². The molecule has 2 aliphatic rings. The summed E-state index contributed by atoms with van der Waals surface area (Å²) in [5, 5.41) is 2.84. The summed E-state index contributed by atoms with van der Waals surface area (Å²) < 4.78 is 6.48. The molecule has 0 radical (unpaired) electrons. The predicted molar refractivity (Wildman–Crippen MR) is 131 cm³/mol. The molecule has 0 spiro atoms. The van der Waals surface area contributed by atoms with Crippen LogP contribution in [0, 0.1) is 5.41 Å². The highest BCUT2D eigenvalue weighted by molar-refractivity contribution is 5.88. The van der Waals surface area contributed by atoms with Crippen LogP contribution in [0.15, 0.2) is 54.6 Å². The van der Waals surface area contributed by atoms with E-state index >= 15 is 0 Å². The topological polar surface area (TPSA) is 41.6 Å². The summed E-state index contributed by atoms with van der Waals surface area (Å²) in [5.41, 5.74) is 3.90. The Morgan fingerprint density at radius 1 is 1.00 bits per heavy atom. The van der Waals surface area contributed by atoms with Gasteiger partial charge in [0.1, 0.15) is 0 Å². The van der Waals surface area contributed by atoms with Crippen molar-refractivity contribution in [3.05, 3.63) is 65.7 Å². The fraction of sp³-hybridized carbons (Fsp3) is 0.536. The molecule has 2 aromatic carbocycles. The third kappa shape index (κ3) is 6.66. The van der Waals surface area contributed by atoms with Crippen molar-refractivity contribution in [2.24, 2.45) is 5.41 Å². The number of hydrogen-bond acceptors (Lipinski definition) is 3. The predicted octanol–water partition coefficient (Wildman–Crippen LogP) is 5.82. The van der Waals surface area contributed by atoms with E-state index in [1.165, 1.54) is 56.1 Å². The molecule has 2 aromatic rings. The van der Waals surface area contributed by atoms with Gasteiger partial charge in [-0.25, -0.2) is 0 Å². The Hall–Kier alpha value is -2.17. The standard InChI is InChI=1S/C28H38N2O2/c1-23(31)29-26-13-11-25(12-14-26)21-30-19-17-28(18-20-30,22-32-27-9-5-6-10-27)16-15-24-7-3-2-4-8-24/h2-4,7-8,11-14,27H,5-6,9-10,15-22H2,1H3,(H,29,31). The van der Waals surface area contributed by atoms with Crippen LogP contribution < -0.4 is 5.32 Å². The van der Waals surface area contributed by atoms with Gasteiger partial charge in [-0.05, 0) is 80.3 Å². The molecule has 0 unspecified atom stereocenters. The van der Waals surface area contributed by atoms with Crippen LogP contribution in [0.5, 0.6) is 0 Å². The Labute approximate surface area is 193 Å². The molecule has 0 aromatic heterocycles. The fourth-order valence-corrected chi connectivity index (χ4v) is 5.21. The monoisotopic (exact) mass is 434 g/mol. The second-order valence-corrected chi connectivity index (χ2v) is 9.86. The summed E-state index contributed by atoms with van der Waals surface area (Å²) in [6.07, 6.45) is 10.4. The normalized spacial score (nSPS) is 19.2. The van der Waals surface area contributed by atoms with Gasteiger partial charge in [-0.3, -0.25) is 9.69 Å². The molecule has 1 N–H and O–H groups in total. The first-order valence-electron chi connectivity index (χ1n) is 12.3. The number of carbonyl (C=O) groups excluding carboxylic acids is 1. The molecule has 0 atom stereocenters. The van der Waals surface area contributed by atoms with E-state index < -0.39 is 0 Å². The summed E-state index contributed by atoms with van der Waals surface area (Å²) in [6.45, 7) is 5.68. The van der Waals surface area contributed by atoms with Crippen LogP contribution in [-0.4, -0.2) is 36.6 Å². The smallest absolute Gasteiger partial charge is 0.221 e. The van der Waals surface area contributed by atoms with Gasteiger partial charge in [0.2, 0.25) is 5.91 Å². The number of hydrogen-bond donors (Lipinski definition) is 1. The lowest BCUT2D eigenvalue weighted by atomic mass is 9.74. The van der Waals surface area contributed by atoms with Gasteiger partial charge < -0.3 is 10.1 Å². The Balaban J connectivity index is 1.33. The Bertz CT molecular complexity index is 835. The number of nitrogens with one attached hydrogen (secondary N) is 1. The Morgan fingerprint density at radius 2 is 1.69 bits per heavy atom. The minimum atomic E-state index is -0.0274. The number of aryl methyl sites for hydroxylation is 1. The second kappa shape index (κ2) is 11.1. The molecule has 1 heterocycles. The molecule has 4 nitrogen and oxygen atoms in total. The number of likely N-dealkylation sites (tertiary alicyclic amines) is 1. The summed E-state index contributed by atoms with van der Waals surface area (Å²) in [5.74, 6) is -0.0274. The summed E-state index contributed by atoms with van der Waals surface area (Å²) >= 11 is 0. The van der Waals surface area contributed by atoms with E-state index in [-0.39, 0.29) is 5.91 Å². The molecule has 172 valence electrons. The first kappa shape index (κ1) is 23.0. The van der Waals surface area contributed by atoms with Crippen LogP contribution in [0.25, 0.3) is 0 Å². The number of benzene rings is 2. The lowest BCUT2D eigenvalue weighted by Gasteiger charge is -2.42. The SMILES string of the molecule is CC(=O)Nc1ccc(CN2CCC(CCc3ccccc3)(COC3CCCC3)CC2)cc1. The van der Waals surface area contributed by atoms with E-state index in [1.807, 2.05) is 12.1 Å². The van der Waals surface area contributed by atoms with Crippen molar-refractivity contribution in [2.75, 3.05) is 25.0 Å². The fourth-order valence-electron chi connectivity index (χ4n) is 5.21. The highest BCUT2D eigenvalue weighted by atomic mass is 16.5. The van der Waals surface area contributed by atoms with Gasteiger partial charge in [-0.2, -0.15) is 0 Å². The van der Waals surface area contributed by atoms with Gasteiger partial charge in [-0.15, -0.1) is 0 Å². The van der Waals surface area contributed by atoms with E-state index in [2.05, 4.69) is 52.7 Å². The molecule has 32 heavy (non-hydrogen) atoms.